The van der Waals surface area contributed by atoms with E-state index in [0.717, 1.165) is 32.3 Å². The lowest BCUT2D eigenvalue weighted by molar-refractivity contribution is 0.221. The molecule has 0 bridgehead atoms. The van der Waals surface area contributed by atoms with E-state index in [2.05, 4.69) is 31.2 Å². The molecule has 2 rings (SSSR count). The molecule has 0 fully saturated rings. The molecular formula is C15H21NO. The van der Waals surface area contributed by atoms with Gasteiger partial charge in [-0.2, -0.15) is 0 Å². The standard InChI is InChI=1S/C15H21NO/c1-12-4-2-5-13(10-12)7-8-15(16)14-6-3-9-17-11-14/h2,4-5,10-11,15H,3,6-9,16H2,1H3. The van der Waals surface area contributed by atoms with Gasteiger partial charge in [0.05, 0.1) is 12.9 Å². The van der Waals surface area contributed by atoms with Crippen LogP contribution in [0.2, 0.25) is 0 Å². The first-order valence-corrected chi connectivity index (χ1v) is 6.37. The van der Waals surface area contributed by atoms with Crippen molar-refractivity contribution in [3.63, 3.8) is 0 Å². The fourth-order valence-electron chi connectivity index (χ4n) is 2.23. The van der Waals surface area contributed by atoms with Gasteiger partial charge in [0.1, 0.15) is 0 Å². The molecule has 0 saturated carbocycles. The molecule has 1 heterocycles. The van der Waals surface area contributed by atoms with Gasteiger partial charge in [0.15, 0.2) is 0 Å². The molecule has 1 aliphatic heterocycles. The summed E-state index contributed by atoms with van der Waals surface area (Å²) >= 11 is 0. The highest BCUT2D eigenvalue weighted by molar-refractivity contribution is 5.22. The van der Waals surface area contributed by atoms with E-state index in [9.17, 15) is 0 Å². The summed E-state index contributed by atoms with van der Waals surface area (Å²) in [7, 11) is 0. The van der Waals surface area contributed by atoms with E-state index < -0.39 is 0 Å². The topological polar surface area (TPSA) is 35.2 Å². The van der Waals surface area contributed by atoms with E-state index in [1.54, 1.807) is 0 Å². The smallest absolute Gasteiger partial charge is 0.0876 e. The first-order chi connectivity index (χ1) is 8.25. The first kappa shape index (κ1) is 12.2. The van der Waals surface area contributed by atoms with Crippen molar-refractivity contribution in [1.29, 1.82) is 0 Å². The van der Waals surface area contributed by atoms with Gasteiger partial charge in [-0.1, -0.05) is 29.8 Å². The highest BCUT2D eigenvalue weighted by atomic mass is 16.5. The predicted molar refractivity (Wildman–Crippen MR) is 70.7 cm³/mol. The lowest BCUT2D eigenvalue weighted by Gasteiger charge is -2.19. The number of rotatable bonds is 4. The van der Waals surface area contributed by atoms with Crippen LogP contribution in [0.1, 0.15) is 30.4 Å². The van der Waals surface area contributed by atoms with E-state index >= 15 is 0 Å². The van der Waals surface area contributed by atoms with Gasteiger partial charge in [-0.3, -0.25) is 0 Å². The third-order valence-electron chi connectivity index (χ3n) is 3.27. The Bertz CT molecular complexity index is 398. The minimum atomic E-state index is 0.149. The van der Waals surface area contributed by atoms with E-state index in [-0.39, 0.29) is 6.04 Å². The van der Waals surface area contributed by atoms with Crippen LogP contribution in [0.5, 0.6) is 0 Å². The lowest BCUT2D eigenvalue weighted by atomic mass is 9.96. The third-order valence-corrected chi connectivity index (χ3v) is 3.27. The highest BCUT2D eigenvalue weighted by Gasteiger charge is 2.12. The van der Waals surface area contributed by atoms with Crippen LogP contribution in [0, 0.1) is 6.92 Å². The van der Waals surface area contributed by atoms with Gasteiger partial charge < -0.3 is 10.5 Å². The normalized spacial score (nSPS) is 17.2. The quantitative estimate of drug-likeness (QED) is 0.864. The Labute approximate surface area is 103 Å². The second-order valence-corrected chi connectivity index (χ2v) is 4.80. The van der Waals surface area contributed by atoms with Crippen LogP contribution in [0.4, 0.5) is 0 Å². The van der Waals surface area contributed by atoms with Crippen LogP contribution in [0.25, 0.3) is 0 Å². The number of nitrogens with two attached hydrogens (primary N) is 1. The SMILES string of the molecule is Cc1cccc(CCC(N)C2=COCCC2)c1. The van der Waals surface area contributed by atoms with Crippen molar-refractivity contribution in [2.24, 2.45) is 5.73 Å². The van der Waals surface area contributed by atoms with Crippen LogP contribution in [0.15, 0.2) is 36.1 Å². The molecule has 0 aromatic heterocycles. The van der Waals surface area contributed by atoms with Crippen molar-refractivity contribution >= 4 is 0 Å². The van der Waals surface area contributed by atoms with E-state index in [0.29, 0.717) is 0 Å². The molecular weight excluding hydrogens is 210 g/mol. The van der Waals surface area contributed by atoms with Crippen LogP contribution in [-0.4, -0.2) is 12.6 Å². The van der Waals surface area contributed by atoms with Crippen molar-refractivity contribution < 1.29 is 4.74 Å². The van der Waals surface area contributed by atoms with E-state index in [1.807, 2.05) is 6.26 Å². The lowest BCUT2D eigenvalue weighted by Crippen LogP contribution is -2.25. The van der Waals surface area contributed by atoms with Gasteiger partial charge in [0, 0.05) is 6.04 Å². The molecule has 1 aromatic rings. The van der Waals surface area contributed by atoms with Gasteiger partial charge in [-0.05, 0) is 43.7 Å². The highest BCUT2D eigenvalue weighted by Crippen LogP contribution is 2.18. The van der Waals surface area contributed by atoms with Crippen LogP contribution >= 0.6 is 0 Å². The van der Waals surface area contributed by atoms with E-state index in [4.69, 9.17) is 10.5 Å². The maximum atomic E-state index is 6.19. The Morgan fingerprint density at radius 3 is 3.00 bits per heavy atom. The Morgan fingerprint density at radius 2 is 2.29 bits per heavy atom. The zero-order valence-electron chi connectivity index (χ0n) is 10.5. The average molecular weight is 231 g/mol. The number of hydrogen-bond donors (Lipinski definition) is 1. The van der Waals surface area contributed by atoms with Gasteiger partial charge in [0.2, 0.25) is 0 Å². The van der Waals surface area contributed by atoms with Gasteiger partial charge in [-0.25, -0.2) is 0 Å². The van der Waals surface area contributed by atoms with Gasteiger partial charge >= 0.3 is 0 Å². The zero-order chi connectivity index (χ0) is 12.1. The van der Waals surface area contributed by atoms with Crippen molar-refractivity contribution in [3.05, 3.63) is 47.2 Å². The Balaban J connectivity index is 1.87. The molecule has 0 radical (unpaired) electrons. The molecule has 92 valence electrons. The number of aryl methyl sites for hydroxylation is 2. The molecule has 1 unspecified atom stereocenters. The molecule has 17 heavy (non-hydrogen) atoms. The number of ether oxygens (including phenoxy) is 1. The summed E-state index contributed by atoms with van der Waals surface area (Å²) in [5, 5.41) is 0. The van der Waals surface area contributed by atoms with Gasteiger partial charge in [0.25, 0.3) is 0 Å². The van der Waals surface area contributed by atoms with Crippen LogP contribution < -0.4 is 5.73 Å². The van der Waals surface area contributed by atoms with E-state index in [1.165, 1.54) is 16.7 Å². The van der Waals surface area contributed by atoms with Crippen molar-refractivity contribution in [2.45, 2.75) is 38.6 Å². The third kappa shape index (κ3) is 3.60. The summed E-state index contributed by atoms with van der Waals surface area (Å²) in [5.74, 6) is 0. The van der Waals surface area contributed by atoms with Crippen molar-refractivity contribution in [1.82, 2.24) is 0 Å². The second kappa shape index (κ2) is 5.87. The minimum absolute atomic E-state index is 0.149. The van der Waals surface area contributed by atoms with Gasteiger partial charge in [-0.15, -0.1) is 0 Å². The van der Waals surface area contributed by atoms with Crippen molar-refractivity contribution in [3.8, 4) is 0 Å². The predicted octanol–water partition coefficient (Wildman–Crippen LogP) is 2.95. The molecule has 0 amide bonds. The monoisotopic (exact) mass is 231 g/mol. The maximum Gasteiger partial charge on any atom is 0.0876 e. The fourth-order valence-corrected chi connectivity index (χ4v) is 2.23. The molecule has 0 saturated heterocycles. The van der Waals surface area contributed by atoms with Crippen molar-refractivity contribution in [2.75, 3.05) is 6.61 Å². The number of hydrogen-bond acceptors (Lipinski definition) is 2. The summed E-state index contributed by atoms with van der Waals surface area (Å²) in [5.41, 5.74) is 10.1. The largest absolute Gasteiger partial charge is 0.501 e. The number of benzene rings is 1. The summed E-state index contributed by atoms with van der Waals surface area (Å²) < 4.78 is 5.33. The molecule has 1 aliphatic rings. The first-order valence-electron chi connectivity index (χ1n) is 6.37. The fraction of sp³-hybridized carbons (Fsp3) is 0.467. The molecule has 2 heteroatoms. The summed E-state index contributed by atoms with van der Waals surface area (Å²) in [6, 6.07) is 8.79. The molecule has 0 aliphatic carbocycles. The van der Waals surface area contributed by atoms with Crippen LogP contribution in [-0.2, 0) is 11.2 Å². The Hall–Kier alpha value is -1.28. The molecule has 1 atom stereocenters. The maximum absolute atomic E-state index is 6.19. The minimum Gasteiger partial charge on any atom is -0.501 e. The molecule has 1 aromatic carbocycles. The average Bonchev–Trinajstić information content (AvgIpc) is 2.37. The van der Waals surface area contributed by atoms with Crippen LogP contribution in [0.3, 0.4) is 0 Å². The zero-order valence-corrected chi connectivity index (χ0v) is 10.5. The molecule has 2 nitrogen and oxygen atoms in total. The molecule has 2 N–H and O–H groups in total. The Morgan fingerprint density at radius 1 is 1.41 bits per heavy atom. The summed E-state index contributed by atoms with van der Waals surface area (Å²) in [6.45, 7) is 2.97. The Kier molecular flexibility index (Phi) is 4.21. The second-order valence-electron chi connectivity index (χ2n) is 4.80. The summed E-state index contributed by atoms with van der Waals surface area (Å²) in [4.78, 5) is 0. The molecule has 0 spiro atoms. The summed E-state index contributed by atoms with van der Waals surface area (Å²) in [6.07, 6.45) is 6.10.